The Hall–Kier alpha value is -1.92. The van der Waals surface area contributed by atoms with Crippen LogP contribution in [0.2, 0.25) is 0 Å². The summed E-state index contributed by atoms with van der Waals surface area (Å²) in [6, 6.07) is 8.60. The summed E-state index contributed by atoms with van der Waals surface area (Å²) in [4.78, 5) is 30.2. The monoisotopic (exact) mass is 373 g/mol. The van der Waals surface area contributed by atoms with Crippen molar-refractivity contribution in [2.75, 3.05) is 33.2 Å². The predicted molar refractivity (Wildman–Crippen MR) is 105 cm³/mol. The average Bonchev–Trinajstić information content (AvgIpc) is 2.92. The number of benzene rings is 1. The van der Waals surface area contributed by atoms with Gasteiger partial charge < -0.3 is 10.0 Å². The van der Waals surface area contributed by atoms with Crippen molar-refractivity contribution in [1.29, 1.82) is 0 Å². The Balaban J connectivity index is 1.57. The molecule has 27 heavy (non-hydrogen) atoms. The highest BCUT2D eigenvalue weighted by Gasteiger charge is 2.30. The molecule has 1 aromatic rings. The minimum Gasteiger partial charge on any atom is -0.480 e. The molecule has 1 amide bonds. The van der Waals surface area contributed by atoms with Gasteiger partial charge in [0, 0.05) is 32.2 Å². The molecule has 2 aliphatic heterocycles. The summed E-state index contributed by atoms with van der Waals surface area (Å²) >= 11 is 0. The van der Waals surface area contributed by atoms with Crippen LogP contribution in [-0.4, -0.2) is 77.0 Å². The van der Waals surface area contributed by atoms with Crippen LogP contribution >= 0.6 is 0 Å². The van der Waals surface area contributed by atoms with E-state index in [1.54, 1.807) is 0 Å². The number of carboxylic acid groups (broad SMARTS) is 1. The molecule has 0 aliphatic carbocycles. The van der Waals surface area contributed by atoms with Gasteiger partial charge in [0.2, 0.25) is 5.91 Å². The van der Waals surface area contributed by atoms with Crippen LogP contribution in [0, 0.1) is 0 Å². The fraction of sp³-hybridized carbons (Fsp3) is 0.619. The Bertz CT molecular complexity index is 678. The van der Waals surface area contributed by atoms with Crippen molar-refractivity contribution in [1.82, 2.24) is 14.7 Å². The van der Waals surface area contributed by atoms with E-state index in [1.807, 2.05) is 23.8 Å². The van der Waals surface area contributed by atoms with Gasteiger partial charge in [-0.25, -0.2) is 0 Å². The number of hydrogen-bond acceptors (Lipinski definition) is 4. The molecule has 1 aromatic carbocycles. The van der Waals surface area contributed by atoms with Crippen LogP contribution in [0.15, 0.2) is 24.3 Å². The first-order valence-corrected chi connectivity index (χ1v) is 9.97. The molecule has 0 unspecified atom stereocenters. The summed E-state index contributed by atoms with van der Waals surface area (Å²) in [7, 11) is 1.87. The Morgan fingerprint density at radius 1 is 1.19 bits per heavy atom. The van der Waals surface area contributed by atoms with E-state index in [9.17, 15) is 9.59 Å². The number of likely N-dealkylation sites (tertiary alicyclic amines) is 1. The van der Waals surface area contributed by atoms with Crippen LogP contribution in [0.1, 0.15) is 37.3 Å². The van der Waals surface area contributed by atoms with Gasteiger partial charge in [-0.3, -0.25) is 19.4 Å². The fourth-order valence-electron chi connectivity index (χ4n) is 4.35. The van der Waals surface area contributed by atoms with Crippen molar-refractivity contribution in [3.63, 3.8) is 0 Å². The van der Waals surface area contributed by atoms with Crippen molar-refractivity contribution in [3.8, 4) is 0 Å². The highest BCUT2D eigenvalue weighted by Crippen LogP contribution is 2.22. The maximum Gasteiger partial charge on any atom is 0.317 e. The molecule has 0 radical (unpaired) electrons. The van der Waals surface area contributed by atoms with Crippen molar-refractivity contribution < 1.29 is 14.7 Å². The maximum absolute atomic E-state index is 13.1. The number of carbonyl (C=O) groups excluding carboxylic acids is 1. The van der Waals surface area contributed by atoms with Gasteiger partial charge in [-0.1, -0.05) is 24.3 Å². The average molecular weight is 373 g/mol. The molecule has 3 rings (SSSR count). The third kappa shape index (κ3) is 4.87. The third-order valence-corrected chi connectivity index (χ3v) is 6.08. The second-order valence-corrected chi connectivity index (χ2v) is 7.88. The summed E-state index contributed by atoms with van der Waals surface area (Å²) in [6.07, 6.45) is 3.70. The Morgan fingerprint density at radius 3 is 2.67 bits per heavy atom. The Morgan fingerprint density at radius 2 is 1.93 bits per heavy atom. The second-order valence-electron chi connectivity index (χ2n) is 7.88. The number of hydrogen-bond donors (Lipinski definition) is 1. The minimum atomic E-state index is -0.798. The van der Waals surface area contributed by atoms with E-state index in [0.717, 1.165) is 45.3 Å². The minimum absolute atomic E-state index is 0.0577. The lowest BCUT2D eigenvalue weighted by Crippen LogP contribution is -2.49. The van der Waals surface area contributed by atoms with E-state index in [2.05, 4.69) is 29.2 Å². The lowest BCUT2D eigenvalue weighted by molar-refractivity contribution is -0.139. The normalized spacial score (nSPS) is 22.2. The van der Waals surface area contributed by atoms with Gasteiger partial charge in [0.15, 0.2) is 0 Å². The van der Waals surface area contributed by atoms with Gasteiger partial charge in [-0.2, -0.15) is 0 Å². The van der Waals surface area contributed by atoms with Gasteiger partial charge in [-0.15, -0.1) is 0 Å². The standard InChI is InChI=1S/C21H31N3O3/c1-16(24-12-9-17-6-3-4-7-18(17)14-24)21(27)23-11-5-8-19(10-13-23)22(2)15-20(25)26/h3-4,6-7,16,19H,5,8-15H2,1-2H3,(H,25,26)/t16-,19+/m1/s1. The van der Waals surface area contributed by atoms with Crippen LogP contribution in [0.4, 0.5) is 0 Å². The molecule has 1 fully saturated rings. The smallest absolute Gasteiger partial charge is 0.317 e. The number of likely N-dealkylation sites (N-methyl/N-ethyl adjacent to an activating group) is 1. The lowest BCUT2D eigenvalue weighted by atomic mass is 9.98. The Kier molecular flexibility index (Phi) is 6.50. The van der Waals surface area contributed by atoms with E-state index < -0.39 is 5.97 Å². The van der Waals surface area contributed by atoms with E-state index in [0.29, 0.717) is 6.54 Å². The predicted octanol–water partition coefficient (Wildman–Crippen LogP) is 1.83. The zero-order chi connectivity index (χ0) is 19.4. The zero-order valence-corrected chi connectivity index (χ0v) is 16.4. The maximum atomic E-state index is 13.1. The number of rotatable bonds is 5. The van der Waals surface area contributed by atoms with Crippen LogP contribution < -0.4 is 0 Å². The largest absolute Gasteiger partial charge is 0.480 e. The number of carboxylic acids is 1. The van der Waals surface area contributed by atoms with Crippen molar-refractivity contribution in [3.05, 3.63) is 35.4 Å². The summed E-state index contributed by atoms with van der Waals surface area (Å²) in [5, 5.41) is 9.00. The fourth-order valence-corrected chi connectivity index (χ4v) is 4.35. The number of fused-ring (bicyclic) bond motifs is 1. The molecule has 0 aromatic heterocycles. The highest BCUT2D eigenvalue weighted by molar-refractivity contribution is 5.81. The molecule has 0 saturated carbocycles. The third-order valence-electron chi connectivity index (χ3n) is 6.08. The van der Waals surface area contributed by atoms with E-state index in [1.165, 1.54) is 11.1 Å². The molecule has 6 heteroatoms. The van der Waals surface area contributed by atoms with Gasteiger partial charge in [0.1, 0.15) is 0 Å². The molecule has 2 aliphatic rings. The van der Waals surface area contributed by atoms with Crippen LogP contribution in [0.3, 0.4) is 0 Å². The summed E-state index contributed by atoms with van der Waals surface area (Å²) in [5.41, 5.74) is 2.72. The van der Waals surface area contributed by atoms with Gasteiger partial charge in [0.05, 0.1) is 12.6 Å². The lowest BCUT2D eigenvalue weighted by Gasteiger charge is -2.35. The number of amides is 1. The molecule has 1 saturated heterocycles. The number of carbonyl (C=O) groups is 2. The first-order chi connectivity index (χ1) is 13.0. The van der Waals surface area contributed by atoms with Gasteiger partial charge >= 0.3 is 5.97 Å². The molecule has 2 atom stereocenters. The molecule has 0 spiro atoms. The Labute approximate surface area is 161 Å². The molecule has 2 heterocycles. The summed E-state index contributed by atoms with van der Waals surface area (Å²) in [5.74, 6) is -0.593. The van der Waals surface area contributed by atoms with Crippen molar-refractivity contribution >= 4 is 11.9 Å². The number of nitrogens with zero attached hydrogens (tertiary/aromatic N) is 3. The second kappa shape index (κ2) is 8.85. The van der Waals surface area contributed by atoms with E-state index in [-0.39, 0.29) is 24.5 Å². The van der Waals surface area contributed by atoms with E-state index in [4.69, 9.17) is 5.11 Å². The number of aliphatic carboxylic acids is 1. The highest BCUT2D eigenvalue weighted by atomic mass is 16.4. The van der Waals surface area contributed by atoms with Crippen molar-refractivity contribution in [2.45, 2.75) is 51.2 Å². The summed E-state index contributed by atoms with van der Waals surface area (Å²) < 4.78 is 0. The van der Waals surface area contributed by atoms with Crippen molar-refractivity contribution in [2.24, 2.45) is 0 Å². The first-order valence-electron chi connectivity index (χ1n) is 9.97. The quantitative estimate of drug-likeness (QED) is 0.853. The first kappa shape index (κ1) is 19.8. The summed E-state index contributed by atoms with van der Waals surface area (Å²) in [6.45, 7) is 5.31. The van der Waals surface area contributed by atoms with Crippen LogP contribution in [0.25, 0.3) is 0 Å². The van der Waals surface area contributed by atoms with Gasteiger partial charge in [0.25, 0.3) is 0 Å². The molecule has 148 valence electrons. The zero-order valence-electron chi connectivity index (χ0n) is 16.4. The van der Waals surface area contributed by atoms with Crippen LogP contribution in [-0.2, 0) is 22.6 Å². The molecule has 1 N–H and O–H groups in total. The topological polar surface area (TPSA) is 64.1 Å². The molecular weight excluding hydrogens is 342 g/mol. The molecule has 0 bridgehead atoms. The SMILES string of the molecule is C[C@H](C(=O)N1CCC[C@H](N(C)CC(=O)O)CC1)N1CCc2ccccc2C1. The van der Waals surface area contributed by atoms with Crippen LogP contribution in [0.5, 0.6) is 0 Å². The van der Waals surface area contributed by atoms with E-state index >= 15 is 0 Å². The van der Waals surface area contributed by atoms with Gasteiger partial charge in [-0.05, 0) is 50.8 Å². The molecule has 6 nitrogen and oxygen atoms in total. The molecular formula is C21H31N3O3.